The molecule has 212 valence electrons. The van der Waals surface area contributed by atoms with Crippen LogP contribution in [-0.2, 0) is 4.74 Å². The van der Waals surface area contributed by atoms with Crippen molar-refractivity contribution in [1.82, 2.24) is 34.8 Å². The number of carbonyl (C=O) groups excluding carboxylic acids is 1. The fraction of sp³-hybridized carbons (Fsp3) is 0.448. The summed E-state index contributed by atoms with van der Waals surface area (Å²) in [4.78, 5) is 36.7. The van der Waals surface area contributed by atoms with E-state index in [2.05, 4.69) is 39.0 Å². The summed E-state index contributed by atoms with van der Waals surface area (Å²) in [6.07, 6.45) is 10.7. The highest BCUT2D eigenvalue weighted by atomic mass is 16.5. The Morgan fingerprint density at radius 2 is 1.68 bits per heavy atom. The smallest absolute Gasteiger partial charge is 0.228 e. The largest absolute Gasteiger partial charge is 0.378 e. The van der Waals surface area contributed by atoms with Crippen LogP contribution in [0.1, 0.15) is 56.9 Å². The molecule has 5 heterocycles. The Kier molecular flexibility index (Phi) is 10.5. The predicted molar refractivity (Wildman–Crippen MR) is 158 cm³/mol. The molecule has 0 bridgehead atoms. The van der Waals surface area contributed by atoms with Gasteiger partial charge in [-0.2, -0.15) is 4.98 Å². The molecule has 5 rings (SSSR count). The first-order chi connectivity index (χ1) is 19.5. The summed E-state index contributed by atoms with van der Waals surface area (Å²) in [6.45, 7) is 11.4. The van der Waals surface area contributed by atoms with Gasteiger partial charge in [0.15, 0.2) is 11.4 Å². The number of ketones is 1. The van der Waals surface area contributed by atoms with E-state index in [9.17, 15) is 4.79 Å². The first-order valence-corrected chi connectivity index (χ1v) is 14.1. The fourth-order valence-electron chi connectivity index (χ4n) is 4.32. The van der Waals surface area contributed by atoms with Gasteiger partial charge in [0.1, 0.15) is 5.69 Å². The second kappa shape index (κ2) is 14.4. The van der Waals surface area contributed by atoms with Gasteiger partial charge in [0, 0.05) is 49.1 Å². The zero-order valence-corrected chi connectivity index (χ0v) is 23.6. The van der Waals surface area contributed by atoms with Gasteiger partial charge in [0.2, 0.25) is 11.9 Å². The fourth-order valence-corrected chi connectivity index (χ4v) is 4.32. The van der Waals surface area contributed by atoms with Gasteiger partial charge in [-0.05, 0) is 50.6 Å². The molecule has 3 N–H and O–H groups in total. The molecular weight excluding hydrogens is 506 g/mol. The number of pyridine rings is 1. The Balaban J connectivity index is 0.000000470. The SMILES string of the molecule is CCCC(=O)c1ccc(-n2ccc3c(-c4cnc(N)nc4)nc(N4CCOCC4)nc32)cn1.CCCNCCC. The number of hydrogen-bond donors (Lipinski definition) is 2. The second-order valence-electron chi connectivity index (χ2n) is 9.55. The van der Waals surface area contributed by atoms with Crippen molar-refractivity contribution < 1.29 is 9.53 Å². The molecule has 0 amide bonds. The Bertz CT molecular complexity index is 1360. The van der Waals surface area contributed by atoms with Crippen LogP contribution in [0.4, 0.5) is 11.9 Å². The van der Waals surface area contributed by atoms with Gasteiger partial charge in [0.05, 0.1) is 30.8 Å². The van der Waals surface area contributed by atoms with Crippen molar-refractivity contribution in [3.05, 3.63) is 48.7 Å². The van der Waals surface area contributed by atoms with Crippen LogP contribution in [0, 0.1) is 0 Å². The van der Waals surface area contributed by atoms with Crippen molar-refractivity contribution in [3.63, 3.8) is 0 Å². The number of carbonyl (C=O) groups is 1. The highest BCUT2D eigenvalue weighted by Gasteiger charge is 2.20. The maximum Gasteiger partial charge on any atom is 0.228 e. The molecule has 40 heavy (non-hydrogen) atoms. The van der Waals surface area contributed by atoms with Gasteiger partial charge < -0.3 is 20.7 Å². The molecule has 1 aliphatic heterocycles. The average Bonchev–Trinajstić information content (AvgIpc) is 3.43. The van der Waals surface area contributed by atoms with E-state index in [1.807, 2.05) is 29.8 Å². The summed E-state index contributed by atoms with van der Waals surface area (Å²) in [6, 6.07) is 5.61. The minimum atomic E-state index is 0.0454. The summed E-state index contributed by atoms with van der Waals surface area (Å²) in [5.74, 6) is 0.864. The molecule has 0 saturated carbocycles. The van der Waals surface area contributed by atoms with Crippen molar-refractivity contribution in [3.8, 4) is 16.9 Å². The quantitative estimate of drug-likeness (QED) is 0.222. The van der Waals surface area contributed by atoms with E-state index in [0.717, 1.165) is 34.4 Å². The van der Waals surface area contributed by atoms with Crippen LogP contribution in [0.5, 0.6) is 0 Å². The Hall–Kier alpha value is -3.96. The first-order valence-electron chi connectivity index (χ1n) is 14.1. The van der Waals surface area contributed by atoms with Gasteiger partial charge in [-0.3, -0.25) is 14.3 Å². The molecule has 0 atom stereocenters. The van der Waals surface area contributed by atoms with E-state index in [1.165, 1.54) is 25.9 Å². The minimum Gasteiger partial charge on any atom is -0.378 e. The van der Waals surface area contributed by atoms with Crippen LogP contribution in [0.2, 0.25) is 0 Å². The van der Waals surface area contributed by atoms with E-state index < -0.39 is 0 Å². The predicted octanol–water partition coefficient (Wildman–Crippen LogP) is 4.07. The van der Waals surface area contributed by atoms with Crippen LogP contribution in [0.15, 0.2) is 43.0 Å². The summed E-state index contributed by atoms with van der Waals surface area (Å²) in [5, 5.41) is 4.14. The molecule has 4 aromatic heterocycles. The maximum atomic E-state index is 12.2. The zero-order chi connectivity index (χ0) is 28.3. The highest BCUT2D eigenvalue weighted by Crippen LogP contribution is 2.30. The third-order valence-electron chi connectivity index (χ3n) is 6.41. The van der Waals surface area contributed by atoms with Crippen molar-refractivity contribution in [1.29, 1.82) is 0 Å². The number of nitrogens with two attached hydrogens (primary N) is 1. The van der Waals surface area contributed by atoms with Gasteiger partial charge in [-0.15, -0.1) is 0 Å². The third kappa shape index (κ3) is 7.16. The molecular formula is C29H39N9O2. The summed E-state index contributed by atoms with van der Waals surface area (Å²) >= 11 is 0. The number of hydrogen-bond acceptors (Lipinski definition) is 10. The Morgan fingerprint density at radius 1 is 0.950 bits per heavy atom. The van der Waals surface area contributed by atoms with E-state index in [1.54, 1.807) is 24.7 Å². The maximum absolute atomic E-state index is 12.2. The monoisotopic (exact) mass is 545 g/mol. The molecule has 0 radical (unpaired) electrons. The van der Waals surface area contributed by atoms with Crippen LogP contribution in [-0.4, -0.2) is 74.7 Å². The molecule has 0 unspecified atom stereocenters. The summed E-state index contributed by atoms with van der Waals surface area (Å²) in [5.41, 5.74) is 9.17. The number of anilines is 2. The number of nitrogens with one attached hydrogen (secondary N) is 1. The second-order valence-corrected chi connectivity index (χ2v) is 9.55. The lowest BCUT2D eigenvalue weighted by molar-refractivity contribution is 0.0977. The molecule has 11 nitrogen and oxygen atoms in total. The van der Waals surface area contributed by atoms with Crippen molar-refractivity contribution in [2.75, 3.05) is 50.0 Å². The normalized spacial score (nSPS) is 13.2. The van der Waals surface area contributed by atoms with Crippen LogP contribution in [0.3, 0.4) is 0 Å². The number of nitrogen functional groups attached to an aromatic ring is 1. The first kappa shape index (κ1) is 29.0. The van der Waals surface area contributed by atoms with Gasteiger partial charge in [-0.25, -0.2) is 15.0 Å². The zero-order valence-electron chi connectivity index (χ0n) is 23.6. The lowest BCUT2D eigenvalue weighted by Gasteiger charge is -2.27. The molecule has 1 aliphatic rings. The van der Waals surface area contributed by atoms with Crippen molar-refractivity contribution in [2.24, 2.45) is 0 Å². The lowest BCUT2D eigenvalue weighted by Crippen LogP contribution is -2.37. The minimum absolute atomic E-state index is 0.0454. The summed E-state index contributed by atoms with van der Waals surface area (Å²) < 4.78 is 7.44. The number of Topliss-reactive ketones (excluding diaryl/α,β-unsaturated/α-hetero) is 1. The van der Waals surface area contributed by atoms with Gasteiger partial charge in [0.25, 0.3) is 0 Å². The molecule has 0 spiro atoms. The number of aromatic nitrogens is 6. The molecule has 1 fully saturated rings. The number of nitrogens with zero attached hydrogens (tertiary/aromatic N) is 7. The lowest BCUT2D eigenvalue weighted by atomic mass is 10.1. The number of fused-ring (bicyclic) bond motifs is 1. The Labute approximate surface area is 235 Å². The highest BCUT2D eigenvalue weighted by molar-refractivity contribution is 5.95. The summed E-state index contributed by atoms with van der Waals surface area (Å²) in [7, 11) is 0. The van der Waals surface area contributed by atoms with Crippen molar-refractivity contribution >= 4 is 28.7 Å². The van der Waals surface area contributed by atoms with Gasteiger partial charge >= 0.3 is 0 Å². The molecule has 0 aromatic carbocycles. The van der Waals surface area contributed by atoms with E-state index in [0.29, 0.717) is 44.4 Å². The molecule has 11 heteroatoms. The molecule has 0 aliphatic carbocycles. The van der Waals surface area contributed by atoms with Crippen LogP contribution >= 0.6 is 0 Å². The van der Waals surface area contributed by atoms with E-state index in [-0.39, 0.29) is 11.7 Å². The number of ether oxygens (including phenoxy) is 1. The van der Waals surface area contributed by atoms with E-state index >= 15 is 0 Å². The third-order valence-corrected chi connectivity index (χ3v) is 6.41. The number of morpholine rings is 1. The molecule has 4 aromatic rings. The standard InChI is InChI=1S/C23H24N8O2.C6H15N/c1-2-3-19(32)18-5-4-16(14-25-18)31-7-6-17-20(15-12-26-22(24)27-13-15)28-23(29-21(17)31)30-8-10-33-11-9-30;1-3-5-7-6-4-2/h4-7,12-14H,2-3,8-11H2,1H3,(H2,24,26,27);7H,3-6H2,1-2H3. The van der Waals surface area contributed by atoms with Crippen LogP contribution < -0.4 is 16.0 Å². The molecule has 1 saturated heterocycles. The van der Waals surface area contributed by atoms with Crippen molar-refractivity contribution in [2.45, 2.75) is 46.5 Å². The van der Waals surface area contributed by atoms with Gasteiger partial charge in [-0.1, -0.05) is 20.8 Å². The van der Waals surface area contributed by atoms with E-state index in [4.69, 9.17) is 20.4 Å². The average molecular weight is 546 g/mol. The number of rotatable bonds is 10. The topological polar surface area (TPSA) is 137 Å². The Morgan fingerprint density at radius 3 is 2.30 bits per heavy atom. The van der Waals surface area contributed by atoms with Crippen LogP contribution in [0.25, 0.3) is 28.0 Å².